The average molecular weight is 416 g/mol. The molecule has 1 amide bonds. The van der Waals surface area contributed by atoms with Crippen LogP contribution in [0.15, 0.2) is 47.5 Å². The zero-order valence-corrected chi connectivity index (χ0v) is 15.9. The minimum atomic E-state index is -0.427. The van der Waals surface area contributed by atoms with Crippen LogP contribution >= 0.6 is 15.9 Å². The number of carbonyl (C=O) groups is 1. The lowest BCUT2D eigenvalue weighted by Crippen LogP contribution is -2.16. The molecule has 0 aliphatic heterocycles. The van der Waals surface area contributed by atoms with Crippen LogP contribution in [-0.4, -0.2) is 30.8 Å². The van der Waals surface area contributed by atoms with Crippen molar-refractivity contribution < 1.29 is 9.90 Å². The molecule has 7 nitrogen and oxygen atoms in total. The van der Waals surface area contributed by atoms with Gasteiger partial charge in [0.15, 0.2) is 0 Å². The molecule has 3 rings (SSSR count). The third kappa shape index (κ3) is 3.75. The first-order valence-electron chi connectivity index (χ1n) is 8.15. The van der Waals surface area contributed by atoms with Crippen molar-refractivity contribution in [1.29, 1.82) is 0 Å². The van der Waals surface area contributed by atoms with Gasteiger partial charge in [0.1, 0.15) is 29.9 Å². The Morgan fingerprint density at radius 3 is 2.69 bits per heavy atom. The molecule has 8 heteroatoms. The Bertz CT molecular complexity index is 927. The number of hydrogen-bond acceptors (Lipinski definition) is 5. The van der Waals surface area contributed by atoms with Crippen LogP contribution < -0.4 is 5.32 Å². The van der Waals surface area contributed by atoms with Crippen molar-refractivity contribution in [2.45, 2.75) is 26.2 Å². The normalized spacial score (nSPS) is 12.0. The van der Waals surface area contributed by atoms with Crippen LogP contribution in [-0.2, 0) is 0 Å². The van der Waals surface area contributed by atoms with Gasteiger partial charge in [0, 0.05) is 4.47 Å². The highest BCUT2D eigenvalue weighted by molar-refractivity contribution is 9.10. The van der Waals surface area contributed by atoms with Gasteiger partial charge in [-0.25, -0.2) is 4.98 Å². The molecule has 0 fully saturated rings. The zero-order valence-electron chi connectivity index (χ0n) is 14.3. The Kier molecular flexibility index (Phi) is 5.32. The number of nitrogens with one attached hydrogen (secondary N) is 1. The fourth-order valence-corrected chi connectivity index (χ4v) is 2.83. The highest BCUT2D eigenvalue weighted by Crippen LogP contribution is 2.30. The molecule has 0 saturated heterocycles. The predicted molar refractivity (Wildman–Crippen MR) is 102 cm³/mol. The van der Waals surface area contributed by atoms with Gasteiger partial charge in [-0.3, -0.25) is 9.36 Å². The molecule has 134 valence electrons. The summed E-state index contributed by atoms with van der Waals surface area (Å²) in [7, 11) is 0. The van der Waals surface area contributed by atoms with E-state index in [1.54, 1.807) is 28.8 Å². The van der Waals surface area contributed by atoms with Crippen LogP contribution in [0.1, 0.15) is 42.2 Å². The lowest BCUT2D eigenvalue weighted by Gasteiger charge is -2.13. The smallest absolute Gasteiger partial charge is 0.275 e. The highest BCUT2D eigenvalue weighted by Gasteiger charge is 2.16. The Morgan fingerprint density at radius 1 is 1.27 bits per heavy atom. The zero-order chi connectivity index (χ0) is 18.7. The van der Waals surface area contributed by atoms with E-state index in [9.17, 15) is 9.90 Å². The third-order valence-corrected chi connectivity index (χ3v) is 4.82. The highest BCUT2D eigenvalue weighted by atomic mass is 79.9. The summed E-state index contributed by atoms with van der Waals surface area (Å²) in [6, 6.07) is 8.71. The van der Waals surface area contributed by atoms with Crippen molar-refractivity contribution in [3.63, 3.8) is 0 Å². The Morgan fingerprint density at radius 2 is 2.00 bits per heavy atom. The van der Waals surface area contributed by atoms with E-state index in [-0.39, 0.29) is 11.4 Å². The number of phenols is 1. The summed E-state index contributed by atoms with van der Waals surface area (Å²) in [5, 5.41) is 20.3. The summed E-state index contributed by atoms with van der Waals surface area (Å²) in [6.45, 7) is 4.19. The predicted octanol–water partition coefficient (Wildman–Crippen LogP) is 3.90. The van der Waals surface area contributed by atoms with Crippen molar-refractivity contribution >= 4 is 27.5 Å². The number of benzene rings is 1. The van der Waals surface area contributed by atoms with Crippen LogP contribution in [0.5, 0.6) is 5.75 Å². The number of anilines is 1. The molecule has 3 aromatic rings. The lowest BCUT2D eigenvalue weighted by molar-refractivity contribution is 0.102. The SMILES string of the molecule is CCC(C)c1ccc(O)c(NC(=O)c2nc(-n3cnnc3)ccc2Br)c1. The number of phenolic OH excluding ortho intramolecular Hbond substituents is 1. The van der Waals surface area contributed by atoms with Crippen molar-refractivity contribution in [3.05, 3.63) is 58.7 Å². The molecule has 2 heterocycles. The van der Waals surface area contributed by atoms with Gasteiger partial charge in [-0.2, -0.15) is 0 Å². The van der Waals surface area contributed by atoms with E-state index in [2.05, 4.69) is 50.3 Å². The average Bonchev–Trinajstić information content (AvgIpc) is 3.18. The summed E-state index contributed by atoms with van der Waals surface area (Å²) < 4.78 is 2.15. The van der Waals surface area contributed by atoms with Crippen LogP contribution in [0.3, 0.4) is 0 Å². The number of halogens is 1. The van der Waals surface area contributed by atoms with Crippen molar-refractivity contribution in [2.24, 2.45) is 0 Å². The van der Waals surface area contributed by atoms with Crippen LogP contribution in [0, 0.1) is 0 Å². The van der Waals surface area contributed by atoms with Gasteiger partial charge in [-0.05, 0) is 58.1 Å². The van der Waals surface area contributed by atoms with Crippen LogP contribution in [0.25, 0.3) is 5.82 Å². The summed E-state index contributed by atoms with van der Waals surface area (Å²) in [6.07, 6.45) is 3.96. The second-order valence-electron chi connectivity index (χ2n) is 5.91. The van der Waals surface area contributed by atoms with E-state index in [4.69, 9.17) is 0 Å². The standard InChI is InChI=1S/C18H18BrN5O2/c1-3-11(2)12-4-6-15(25)14(8-12)22-18(26)17-13(19)5-7-16(23-17)24-9-20-21-10-24/h4-11,25H,3H2,1-2H3,(H,22,26). The molecule has 0 aliphatic carbocycles. The van der Waals surface area contributed by atoms with E-state index in [0.29, 0.717) is 21.9 Å². The molecule has 2 N–H and O–H groups in total. The largest absolute Gasteiger partial charge is 0.506 e. The molecule has 1 aromatic carbocycles. The maximum Gasteiger partial charge on any atom is 0.275 e. The molecular weight excluding hydrogens is 398 g/mol. The van der Waals surface area contributed by atoms with E-state index < -0.39 is 5.91 Å². The second-order valence-corrected chi connectivity index (χ2v) is 6.76. The first-order chi connectivity index (χ1) is 12.5. The maximum absolute atomic E-state index is 12.7. The van der Waals surface area contributed by atoms with Gasteiger partial charge in [0.25, 0.3) is 5.91 Å². The topological polar surface area (TPSA) is 92.9 Å². The number of hydrogen-bond donors (Lipinski definition) is 2. The molecule has 0 aliphatic rings. The number of rotatable bonds is 5. The Balaban J connectivity index is 1.90. The minimum Gasteiger partial charge on any atom is -0.506 e. The third-order valence-electron chi connectivity index (χ3n) is 4.18. The first-order valence-corrected chi connectivity index (χ1v) is 8.94. The number of aromatic hydroxyl groups is 1. The fourth-order valence-electron chi connectivity index (χ4n) is 2.43. The van der Waals surface area contributed by atoms with Gasteiger partial charge in [-0.15, -0.1) is 10.2 Å². The molecule has 2 aromatic heterocycles. The lowest BCUT2D eigenvalue weighted by atomic mass is 9.98. The molecular formula is C18H18BrN5O2. The number of carbonyl (C=O) groups excluding carboxylic acids is 1. The Labute approximate surface area is 159 Å². The van der Waals surface area contributed by atoms with Crippen molar-refractivity contribution in [1.82, 2.24) is 19.7 Å². The summed E-state index contributed by atoms with van der Waals surface area (Å²) in [5.74, 6) is 0.425. The first kappa shape index (κ1) is 18.1. The quantitative estimate of drug-likeness (QED) is 0.616. The molecule has 26 heavy (non-hydrogen) atoms. The molecule has 1 atom stereocenters. The summed E-state index contributed by atoms with van der Waals surface area (Å²) >= 11 is 3.35. The van der Waals surface area contributed by atoms with Crippen molar-refractivity contribution in [2.75, 3.05) is 5.32 Å². The van der Waals surface area contributed by atoms with E-state index in [1.165, 1.54) is 12.7 Å². The summed E-state index contributed by atoms with van der Waals surface area (Å²) in [4.78, 5) is 17.1. The van der Waals surface area contributed by atoms with Crippen LogP contribution in [0.4, 0.5) is 5.69 Å². The number of amides is 1. The van der Waals surface area contributed by atoms with Gasteiger partial charge in [0.2, 0.25) is 0 Å². The van der Waals surface area contributed by atoms with Gasteiger partial charge in [0.05, 0.1) is 5.69 Å². The molecule has 0 radical (unpaired) electrons. The maximum atomic E-state index is 12.7. The van der Waals surface area contributed by atoms with Gasteiger partial charge >= 0.3 is 0 Å². The van der Waals surface area contributed by atoms with Gasteiger partial charge in [-0.1, -0.05) is 19.9 Å². The number of pyridine rings is 1. The second kappa shape index (κ2) is 7.65. The molecule has 0 saturated carbocycles. The van der Waals surface area contributed by atoms with Gasteiger partial charge < -0.3 is 10.4 Å². The van der Waals surface area contributed by atoms with E-state index in [0.717, 1.165) is 12.0 Å². The molecule has 0 bridgehead atoms. The van der Waals surface area contributed by atoms with E-state index in [1.807, 2.05) is 6.07 Å². The summed E-state index contributed by atoms with van der Waals surface area (Å²) in [5.41, 5.74) is 1.60. The Hall–Kier alpha value is -2.74. The number of aromatic nitrogens is 4. The van der Waals surface area contributed by atoms with Crippen LogP contribution in [0.2, 0.25) is 0 Å². The number of nitrogens with zero attached hydrogens (tertiary/aromatic N) is 4. The molecule has 1 unspecified atom stereocenters. The minimum absolute atomic E-state index is 0.0106. The monoisotopic (exact) mass is 415 g/mol. The molecule has 0 spiro atoms. The van der Waals surface area contributed by atoms with E-state index >= 15 is 0 Å². The van der Waals surface area contributed by atoms with Crippen molar-refractivity contribution in [3.8, 4) is 11.6 Å². The fraction of sp³-hybridized carbons (Fsp3) is 0.222.